The summed E-state index contributed by atoms with van der Waals surface area (Å²) < 4.78 is 16.2. The smallest absolute Gasteiger partial charge is 0.141 e. The van der Waals surface area contributed by atoms with Crippen molar-refractivity contribution in [3.63, 3.8) is 0 Å². The number of hydrogen-bond donors (Lipinski definition) is 3. The summed E-state index contributed by atoms with van der Waals surface area (Å²) in [5.74, 6) is 0.636. The van der Waals surface area contributed by atoms with Gasteiger partial charge in [0.25, 0.3) is 0 Å². The van der Waals surface area contributed by atoms with Gasteiger partial charge in [-0.1, -0.05) is 24.3 Å². The van der Waals surface area contributed by atoms with Crippen LogP contribution in [0, 0.1) is 0 Å². The van der Waals surface area contributed by atoms with Crippen LogP contribution in [0.15, 0.2) is 47.1 Å². The molecule has 1 aliphatic rings. The second kappa shape index (κ2) is 7.61. The maximum Gasteiger partial charge on any atom is 0.141 e. The lowest BCUT2D eigenvalue weighted by molar-refractivity contribution is -0.179. The van der Waals surface area contributed by atoms with Gasteiger partial charge in [0.2, 0.25) is 0 Å². The van der Waals surface area contributed by atoms with Crippen LogP contribution < -0.4 is 4.74 Å². The van der Waals surface area contributed by atoms with Gasteiger partial charge in [-0.05, 0) is 34.1 Å². The fourth-order valence-corrected chi connectivity index (χ4v) is 3.24. The molecule has 1 fully saturated rings. The summed E-state index contributed by atoms with van der Waals surface area (Å²) in [5.41, 5.74) is 2.90. The van der Waals surface area contributed by atoms with E-state index in [4.69, 9.17) is 14.1 Å². The van der Waals surface area contributed by atoms with Gasteiger partial charge in [0.1, 0.15) is 35.6 Å². The third-order valence-corrected chi connectivity index (χ3v) is 4.72. The Morgan fingerprint density at radius 2 is 1.89 bits per heavy atom. The first-order valence-corrected chi connectivity index (χ1v) is 8.71. The number of aliphatic hydroxyl groups excluding tert-OH is 3. The van der Waals surface area contributed by atoms with E-state index in [1.807, 2.05) is 18.2 Å². The van der Waals surface area contributed by atoms with E-state index in [0.29, 0.717) is 29.0 Å². The summed E-state index contributed by atoms with van der Waals surface area (Å²) in [7, 11) is 0. The maximum atomic E-state index is 10.2. The number of benzene rings is 2. The van der Waals surface area contributed by atoms with E-state index in [1.54, 1.807) is 24.3 Å². The highest BCUT2D eigenvalue weighted by atomic mass is 16.6. The maximum absolute atomic E-state index is 10.2. The molecule has 2 aromatic carbocycles. The SMILES string of the molecule is OCC1CC(O)C(O)[C@@H](c2ccc(OCc3cccc4nonc34)cc2)O1. The molecule has 8 heteroatoms. The topological polar surface area (TPSA) is 118 Å². The summed E-state index contributed by atoms with van der Waals surface area (Å²) in [4.78, 5) is 0. The summed E-state index contributed by atoms with van der Waals surface area (Å²) in [6.45, 7) is 0.0999. The average molecular weight is 372 g/mol. The molecule has 4 atom stereocenters. The molecule has 1 saturated heterocycles. The van der Waals surface area contributed by atoms with Gasteiger partial charge >= 0.3 is 0 Å². The van der Waals surface area contributed by atoms with Gasteiger partial charge in [-0.3, -0.25) is 0 Å². The second-order valence-corrected chi connectivity index (χ2v) is 6.56. The molecule has 0 aliphatic carbocycles. The molecule has 27 heavy (non-hydrogen) atoms. The van der Waals surface area contributed by atoms with Crippen molar-refractivity contribution in [2.75, 3.05) is 6.61 Å². The van der Waals surface area contributed by atoms with Gasteiger partial charge in [-0.25, -0.2) is 4.63 Å². The summed E-state index contributed by atoms with van der Waals surface area (Å²) in [5, 5.41) is 37.1. The number of hydrogen-bond acceptors (Lipinski definition) is 8. The molecular formula is C19H20N2O6. The summed E-state index contributed by atoms with van der Waals surface area (Å²) >= 11 is 0. The summed E-state index contributed by atoms with van der Waals surface area (Å²) in [6.07, 6.45) is -2.97. The van der Waals surface area contributed by atoms with Gasteiger partial charge in [-0.15, -0.1) is 0 Å². The Morgan fingerprint density at radius 3 is 2.67 bits per heavy atom. The monoisotopic (exact) mass is 372 g/mol. The van der Waals surface area contributed by atoms with Gasteiger partial charge in [0, 0.05) is 12.0 Å². The molecule has 8 nitrogen and oxygen atoms in total. The Morgan fingerprint density at radius 1 is 1.07 bits per heavy atom. The first-order valence-electron chi connectivity index (χ1n) is 8.71. The van der Waals surface area contributed by atoms with E-state index in [2.05, 4.69) is 10.3 Å². The van der Waals surface area contributed by atoms with Crippen molar-refractivity contribution in [2.45, 2.75) is 37.4 Å². The van der Waals surface area contributed by atoms with Crippen molar-refractivity contribution in [3.8, 4) is 5.75 Å². The largest absolute Gasteiger partial charge is 0.489 e. The summed E-state index contributed by atoms with van der Waals surface area (Å²) in [6, 6.07) is 12.6. The standard InChI is InChI=1S/C19H20N2O6/c22-9-14-8-16(23)18(24)19(26-14)11-4-6-13(7-5-11)25-10-12-2-1-3-15-17(12)21-27-20-15/h1-7,14,16,18-19,22-24H,8-10H2/t14?,16?,18?,19-/m1/s1. The molecule has 0 amide bonds. The van der Waals surface area contributed by atoms with E-state index in [-0.39, 0.29) is 13.0 Å². The molecule has 3 aromatic rings. The molecule has 0 saturated carbocycles. The Kier molecular flexibility index (Phi) is 5.04. The van der Waals surface area contributed by atoms with Crippen LogP contribution in [-0.4, -0.2) is 50.6 Å². The molecule has 1 aromatic heterocycles. The number of ether oxygens (including phenoxy) is 2. The highest BCUT2D eigenvalue weighted by Gasteiger charge is 2.37. The third kappa shape index (κ3) is 3.65. The minimum atomic E-state index is -1.04. The molecule has 0 bridgehead atoms. The number of aliphatic hydroxyl groups is 3. The van der Waals surface area contributed by atoms with Crippen LogP contribution in [0.4, 0.5) is 0 Å². The molecule has 3 N–H and O–H groups in total. The second-order valence-electron chi connectivity index (χ2n) is 6.56. The fraction of sp³-hybridized carbons (Fsp3) is 0.368. The van der Waals surface area contributed by atoms with Crippen LogP contribution in [0.2, 0.25) is 0 Å². The van der Waals surface area contributed by atoms with Crippen LogP contribution in [0.1, 0.15) is 23.7 Å². The van der Waals surface area contributed by atoms with Crippen LogP contribution in [0.5, 0.6) is 5.75 Å². The van der Waals surface area contributed by atoms with E-state index in [1.165, 1.54) is 0 Å². The van der Waals surface area contributed by atoms with Crippen molar-refractivity contribution < 1.29 is 29.4 Å². The number of nitrogens with zero attached hydrogens (tertiary/aromatic N) is 2. The minimum Gasteiger partial charge on any atom is -0.489 e. The minimum absolute atomic E-state index is 0.204. The van der Waals surface area contributed by atoms with Crippen molar-refractivity contribution >= 4 is 11.0 Å². The highest BCUT2D eigenvalue weighted by Crippen LogP contribution is 2.32. The van der Waals surface area contributed by atoms with Crippen LogP contribution >= 0.6 is 0 Å². The fourth-order valence-electron chi connectivity index (χ4n) is 3.24. The van der Waals surface area contributed by atoms with Crippen LogP contribution in [-0.2, 0) is 11.3 Å². The average Bonchev–Trinajstić information content (AvgIpc) is 3.18. The zero-order chi connectivity index (χ0) is 18.8. The molecule has 0 radical (unpaired) electrons. The number of fused-ring (bicyclic) bond motifs is 1. The number of rotatable bonds is 5. The van der Waals surface area contributed by atoms with Gasteiger partial charge in [0.05, 0.1) is 18.8 Å². The Hall–Kier alpha value is -2.52. The van der Waals surface area contributed by atoms with Crippen molar-refractivity contribution in [1.29, 1.82) is 0 Å². The first-order chi connectivity index (χ1) is 13.2. The van der Waals surface area contributed by atoms with E-state index in [9.17, 15) is 15.3 Å². The molecule has 1 aliphatic heterocycles. The van der Waals surface area contributed by atoms with Crippen LogP contribution in [0.25, 0.3) is 11.0 Å². The van der Waals surface area contributed by atoms with E-state index in [0.717, 1.165) is 5.56 Å². The molecule has 0 spiro atoms. The van der Waals surface area contributed by atoms with Gasteiger partial charge in [0.15, 0.2) is 0 Å². The van der Waals surface area contributed by atoms with Crippen molar-refractivity contribution in [2.24, 2.45) is 0 Å². The van der Waals surface area contributed by atoms with E-state index >= 15 is 0 Å². The van der Waals surface area contributed by atoms with Gasteiger partial charge in [-0.2, -0.15) is 0 Å². The molecule has 142 valence electrons. The Labute approximate surface area is 154 Å². The molecule has 2 heterocycles. The van der Waals surface area contributed by atoms with E-state index < -0.39 is 24.4 Å². The first kappa shape index (κ1) is 17.9. The van der Waals surface area contributed by atoms with Crippen molar-refractivity contribution in [3.05, 3.63) is 53.6 Å². The lowest BCUT2D eigenvalue weighted by atomic mass is 9.93. The zero-order valence-corrected chi connectivity index (χ0v) is 14.4. The quantitative estimate of drug-likeness (QED) is 0.614. The lowest BCUT2D eigenvalue weighted by Crippen LogP contribution is -2.44. The molecule has 3 unspecified atom stereocenters. The third-order valence-electron chi connectivity index (χ3n) is 4.72. The Bertz CT molecular complexity index is 897. The predicted octanol–water partition coefficient (Wildman–Crippen LogP) is 1.35. The highest BCUT2D eigenvalue weighted by molar-refractivity contribution is 5.76. The Balaban J connectivity index is 1.45. The zero-order valence-electron chi connectivity index (χ0n) is 14.4. The molecular weight excluding hydrogens is 352 g/mol. The molecule has 4 rings (SSSR count). The number of aromatic nitrogens is 2. The normalized spacial score (nSPS) is 25.6. The van der Waals surface area contributed by atoms with Crippen LogP contribution in [0.3, 0.4) is 0 Å². The van der Waals surface area contributed by atoms with Gasteiger partial charge < -0.3 is 24.8 Å². The predicted molar refractivity (Wildman–Crippen MR) is 93.9 cm³/mol. The van der Waals surface area contributed by atoms with Crippen molar-refractivity contribution in [1.82, 2.24) is 10.3 Å². The lowest BCUT2D eigenvalue weighted by Gasteiger charge is -2.36.